The van der Waals surface area contributed by atoms with Crippen LogP contribution in [0.25, 0.3) is 0 Å². The van der Waals surface area contributed by atoms with Crippen LogP contribution in [0.2, 0.25) is 0 Å². The lowest BCUT2D eigenvalue weighted by molar-refractivity contribution is -0.168. The van der Waals surface area contributed by atoms with Crippen molar-refractivity contribution >= 4 is 11.9 Å². The van der Waals surface area contributed by atoms with Gasteiger partial charge in [-0.15, -0.1) is 0 Å². The standard InChI is InChI=1S/C25H35N3O4/c1-16(2)8-12-28-13-11-23(20-14-19(32-5)7-6-17(20)3)15-24(21(29)26-22(30)27-24)9-10-25(23,31)18(28)4/h6-8,14,18,31H,9-13,15H2,1-5H3,(H2,26,27,29,30)/t18-,23-,24+,25-/m1/s1. The number of methoxy groups -OCH3 is 1. The van der Waals surface area contributed by atoms with Gasteiger partial charge in [0.2, 0.25) is 0 Å². The monoisotopic (exact) mass is 441 g/mol. The summed E-state index contributed by atoms with van der Waals surface area (Å²) in [6, 6.07) is 5.37. The zero-order chi connectivity index (χ0) is 23.3. The molecule has 3 fully saturated rings. The molecule has 4 atom stereocenters. The van der Waals surface area contributed by atoms with Gasteiger partial charge in [0, 0.05) is 18.0 Å². The van der Waals surface area contributed by atoms with Crippen LogP contribution in [0.3, 0.4) is 0 Å². The molecule has 1 spiro atoms. The molecule has 2 aliphatic heterocycles. The summed E-state index contributed by atoms with van der Waals surface area (Å²) in [7, 11) is 1.63. The maximum absolute atomic E-state index is 12.9. The van der Waals surface area contributed by atoms with Crippen molar-refractivity contribution in [1.82, 2.24) is 15.5 Å². The Balaban J connectivity index is 1.85. The number of piperidine rings is 1. The molecule has 0 bridgehead atoms. The highest BCUT2D eigenvalue weighted by atomic mass is 16.5. The maximum atomic E-state index is 12.9. The van der Waals surface area contributed by atoms with E-state index in [1.54, 1.807) is 7.11 Å². The molecule has 1 aromatic rings. The Hall–Kier alpha value is -2.38. The molecule has 1 saturated carbocycles. The topological polar surface area (TPSA) is 90.9 Å². The zero-order valence-electron chi connectivity index (χ0n) is 19.7. The van der Waals surface area contributed by atoms with Crippen molar-refractivity contribution in [1.29, 1.82) is 0 Å². The van der Waals surface area contributed by atoms with E-state index in [1.165, 1.54) is 5.57 Å². The summed E-state index contributed by atoms with van der Waals surface area (Å²) in [4.78, 5) is 27.4. The fourth-order valence-corrected chi connectivity index (χ4v) is 6.23. The Kier molecular flexibility index (Phi) is 5.62. The third kappa shape index (κ3) is 3.33. The van der Waals surface area contributed by atoms with Gasteiger partial charge < -0.3 is 15.2 Å². The number of urea groups is 1. The minimum atomic E-state index is -1.06. The van der Waals surface area contributed by atoms with Crippen LogP contribution in [0.5, 0.6) is 5.75 Å². The number of allylic oxidation sites excluding steroid dienone is 1. The van der Waals surface area contributed by atoms with Gasteiger partial charge in [0.1, 0.15) is 11.3 Å². The van der Waals surface area contributed by atoms with Crippen molar-refractivity contribution in [2.75, 3.05) is 20.2 Å². The van der Waals surface area contributed by atoms with Crippen LogP contribution in [0.1, 0.15) is 57.6 Å². The molecule has 1 aromatic carbocycles. The smallest absolute Gasteiger partial charge is 0.322 e. The van der Waals surface area contributed by atoms with Crippen LogP contribution in [-0.2, 0) is 10.2 Å². The van der Waals surface area contributed by atoms with Gasteiger partial charge in [-0.05, 0) is 83.2 Å². The van der Waals surface area contributed by atoms with Crippen molar-refractivity contribution in [2.24, 2.45) is 0 Å². The summed E-state index contributed by atoms with van der Waals surface area (Å²) < 4.78 is 5.53. The van der Waals surface area contributed by atoms with E-state index in [1.807, 2.05) is 25.1 Å². The van der Waals surface area contributed by atoms with Gasteiger partial charge in [0.05, 0.1) is 12.7 Å². The van der Waals surface area contributed by atoms with E-state index < -0.39 is 22.6 Å². The van der Waals surface area contributed by atoms with Crippen molar-refractivity contribution < 1.29 is 19.4 Å². The van der Waals surface area contributed by atoms with E-state index in [0.717, 1.165) is 30.0 Å². The number of amides is 3. The number of hydrogen-bond donors (Lipinski definition) is 3. The van der Waals surface area contributed by atoms with Gasteiger partial charge in [-0.3, -0.25) is 15.0 Å². The minimum absolute atomic E-state index is 0.116. The molecule has 3 aliphatic rings. The number of aliphatic hydroxyl groups is 1. The van der Waals surface area contributed by atoms with E-state index in [4.69, 9.17) is 4.74 Å². The molecule has 7 nitrogen and oxygen atoms in total. The number of carbonyl (C=O) groups excluding carboxylic acids is 2. The summed E-state index contributed by atoms with van der Waals surface area (Å²) in [5.74, 6) is 0.436. The molecule has 4 rings (SSSR count). The number of aryl methyl sites for hydroxylation is 1. The fourth-order valence-electron chi connectivity index (χ4n) is 6.23. The average Bonchev–Trinajstić information content (AvgIpc) is 3.02. The van der Waals surface area contributed by atoms with Crippen LogP contribution in [0.15, 0.2) is 29.8 Å². The fraction of sp³-hybridized carbons (Fsp3) is 0.600. The molecule has 0 aromatic heterocycles. The van der Waals surface area contributed by atoms with E-state index in [-0.39, 0.29) is 11.9 Å². The average molecular weight is 442 g/mol. The van der Waals surface area contributed by atoms with Crippen LogP contribution in [0, 0.1) is 6.92 Å². The second-order valence-electron chi connectivity index (χ2n) is 10.1. The summed E-state index contributed by atoms with van der Waals surface area (Å²) in [5, 5.41) is 17.8. The van der Waals surface area contributed by atoms with E-state index in [9.17, 15) is 14.7 Å². The Morgan fingerprint density at radius 1 is 1.28 bits per heavy atom. The first-order chi connectivity index (χ1) is 15.1. The number of nitrogens with zero attached hydrogens (tertiary/aromatic N) is 1. The lowest BCUT2D eigenvalue weighted by Crippen LogP contribution is -2.73. The van der Waals surface area contributed by atoms with E-state index >= 15 is 0 Å². The second kappa shape index (κ2) is 7.89. The number of benzene rings is 1. The third-order valence-corrected chi connectivity index (χ3v) is 8.14. The molecule has 2 heterocycles. The number of nitrogens with one attached hydrogen (secondary N) is 2. The van der Waals surface area contributed by atoms with Gasteiger partial charge in [0.15, 0.2) is 0 Å². The molecule has 32 heavy (non-hydrogen) atoms. The number of carbonyl (C=O) groups is 2. The first-order valence-electron chi connectivity index (χ1n) is 11.5. The molecule has 0 unspecified atom stereocenters. The van der Waals surface area contributed by atoms with Gasteiger partial charge >= 0.3 is 6.03 Å². The molecule has 1 aliphatic carbocycles. The highest BCUT2D eigenvalue weighted by Crippen LogP contribution is 2.57. The number of fused-ring (bicyclic) bond motifs is 1. The molecule has 2 saturated heterocycles. The lowest BCUT2D eigenvalue weighted by Gasteiger charge is -2.62. The second-order valence-corrected chi connectivity index (χ2v) is 10.1. The molecular formula is C25H35N3O4. The molecule has 3 N–H and O–H groups in total. The SMILES string of the molecule is COc1ccc(C)c([C@]23CCN(CC=C(C)C)[C@H](C)[C@]2(O)CC[C@@]2(C3)NC(=O)NC2=O)c1. The highest BCUT2D eigenvalue weighted by molar-refractivity contribution is 6.07. The maximum Gasteiger partial charge on any atom is 0.322 e. The first kappa shape index (κ1) is 22.8. The normalized spacial score (nSPS) is 34.6. The summed E-state index contributed by atoms with van der Waals surface area (Å²) in [5.41, 5.74) is 0.548. The number of imide groups is 1. The predicted octanol–water partition coefficient (Wildman–Crippen LogP) is 2.80. The van der Waals surface area contributed by atoms with Crippen molar-refractivity contribution in [3.63, 3.8) is 0 Å². The van der Waals surface area contributed by atoms with Gasteiger partial charge in [-0.2, -0.15) is 0 Å². The Labute approximate surface area is 190 Å². The molecule has 174 valence electrons. The molecule has 7 heteroatoms. The van der Waals surface area contributed by atoms with Crippen molar-refractivity contribution in [3.05, 3.63) is 41.0 Å². The summed E-state index contributed by atoms with van der Waals surface area (Å²) in [6.07, 6.45) is 4.07. The van der Waals surface area contributed by atoms with E-state index in [0.29, 0.717) is 25.7 Å². The van der Waals surface area contributed by atoms with Gasteiger partial charge in [0.25, 0.3) is 5.91 Å². The molecule has 3 amide bonds. The first-order valence-corrected chi connectivity index (χ1v) is 11.5. The van der Waals surface area contributed by atoms with Crippen LogP contribution >= 0.6 is 0 Å². The Bertz CT molecular complexity index is 972. The minimum Gasteiger partial charge on any atom is -0.497 e. The number of ether oxygens (including phenoxy) is 1. The number of likely N-dealkylation sites (tertiary alicyclic amines) is 1. The Morgan fingerprint density at radius 2 is 2.03 bits per heavy atom. The molecular weight excluding hydrogens is 406 g/mol. The van der Waals surface area contributed by atoms with Crippen LogP contribution in [0.4, 0.5) is 4.79 Å². The van der Waals surface area contributed by atoms with Crippen molar-refractivity contribution in [3.8, 4) is 5.75 Å². The van der Waals surface area contributed by atoms with E-state index in [2.05, 4.69) is 42.4 Å². The third-order valence-electron chi connectivity index (χ3n) is 8.14. The predicted molar refractivity (Wildman–Crippen MR) is 123 cm³/mol. The molecule has 0 radical (unpaired) electrons. The number of hydrogen-bond acceptors (Lipinski definition) is 5. The van der Waals surface area contributed by atoms with Gasteiger partial charge in [-0.25, -0.2) is 4.79 Å². The van der Waals surface area contributed by atoms with Crippen molar-refractivity contribution in [2.45, 2.75) is 76.0 Å². The summed E-state index contributed by atoms with van der Waals surface area (Å²) >= 11 is 0. The van der Waals surface area contributed by atoms with Crippen LogP contribution < -0.4 is 15.4 Å². The lowest BCUT2D eigenvalue weighted by atomic mass is 9.49. The summed E-state index contributed by atoms with van der Waals surface area (Å²) in [6.45, 7) is 9.86. The highest BCUT2D eigenvalue weighted by Gasteiger charge is 2.66. The van der Waals surface area contributed by atoms with Gasteiger partial charge in [-0.1, -0.05) is 17.7 Å². The number of rotatable bonds is 4. The zero-order valence-corrected chi connectivity index (χ0v) is 19.7. The largest absolute Gasteiger partial charge is 0.497 e. The van der Waals surface area contributed by atoms with Crippen LogP contribution in [-0.4, -0.2) is 59.3 Å². The quantitative estimate of drug-likeness (QED) is 0.494. The Morgan fingerprint density at radius 3 is 2.66 bits per heavy atom.